The number of benzene rings is 3. The van der Waals surface area contributed by atoms with Gasteiger partial charge in [0.05, 0.1) is 17.9 Å². The predicted molar refractivity (Wildman–Crippen MR) is 110 cm³/mol. The van der Waals surface area contributed by atoms with E-state index in [1.165, 1.54) is 21.9 Å². The Kier molecular flexibility index (Phi) is 4.39. The Bertz CT molecular complexity index is 1050. The van der Waals surface area contributed by atoms with Crippen LogP contribution in [0.3, 0.4) is 0 Å². The van der Waals surface area contributed by atoms with Gasteiger partial charge in [-0.05, 0) is 47.9 Å². The van der Waals surface area contributed by atoms with Crippen LogP contribution in [0, 0.1) is 6.92 Å². The number of nitrogens with one attached hydrogen (secondary N) is 2. The number of fused-ring (bicyclic) bond motifs is 1. The number of imidazole rings is 1. The number of hydrogen-bond acceptors (Lipinski definition) is 2. The van der Waals surface area contributed by atoms with Crippen LogP contribution < -0.4 is 5.32 Å². The number of H-pyrrole nitrogens is 1. The van der Waals surface area contributed by atoms with Crippen LogP contribution in [0.15, 0.2) is 66.9 Å². The summed E-state index contributed by atoms with van der Waals surface area (Å²) in [6.45, 7) is 4.26. The Morgan fingerprint density at radius 3 is 2.58 bits per heavy atom. The molecule has 1 atom stereocenters. The van der Waals surface area contributed by atoms with Crippen molar-refractivity contribution in [1.29, 1.82) is 0 Å². The number of aromatic amines is 1. The Morgan fingerprint density at radius 2 is 1.77 bits per heavy atom. The fourth-order valence-corrected chi connectivity index (χ4v) is 3.42. The van der Waals surface area contributed by atoms with Gasteiger partial charge in [0.2, 0.25) is 5.95 Å². The van der Waals surface area contributed by atoms with E-state index in [1.807, 2.05) is 30.5 Å². The zero-order chi connectivity index (χ0) is 18.1. The van der Waals surface area contributed by atoms with Gasteiger partial charge in [-0.15, -0.1) is 0 Å². The quantitative estimate of drug-likeness (QED) is 0.443. The second kappa shape index (κ2) is 6.85. The van der Waals surface area contributed by atoms with Crippen LogP contribution in [-0.4, -0.2) is 9.97 Å². The number of aromatic nitrogens is 2. The Morgan fingerprint density at radius 1 is 1.00 bits per heavy atom. The Labute approximate surface area is 158 Å². The van der Waals surface area contributed by atoms with Crippen LogP contribution in [0.2, 0.25) is 5.02 Å². The Balaban J connectivity index is 1.60. The zero-order valence-corrected chi connectivity index (χ0v) is 15.5. The van der Waals surface area contributed by atoms with Crippen molar-refractivity contribution in [3.63, 3.8) is 0 Å². The molecule has 0 fully saturated rings. The highest BCUT2D eigenvalue weighted by atomic mass is 35.5. The number of aryl methyl sites for hydroxylation is 1. The van der Waals surface area contributed by atoms with Crippen molar-refractivity contribution in [3.05, 3.63) is 83.0 Å². The van der Waals surface area contributed by atoms with Gasteiger partial charge in [-0.2, -0.15) is 0 Å². The largest absolute Gasteiger partial charge is 0.349 e. The van der Waals surface area contributed by atoms with Gasteiger partial charge in [-0.3, -0.25) is 0 Å². The van der Waals surface area contributed by atoms with Gasteiger partial charge in [0.15, 0.2) is 0 Å². The fraction of sp³-hybridized carbons (Fsp3) is 0.136. The second-order valence-corrected chi connectivity index (χ2v) is 6.96. The maximum absolute atomic E-state index is 5.97. The minimum atomic E-state index is 0.129. The molecule has 1 unspecified atom stereocenters. The summed E-state index contributed by atoms with van der Waals surface area (Å²) in [7, 11) is 0. The summed E-state index contributed by atoms with van der Waals surface area (Å²) < 4.78 is 0. The molecule has 0 amide bonds. The van der Waals surface area contributed by atoms with Crippen LogP contribution >= 0.6 is 11.6 Å². The van der Waals surface area contributed by atoms with Crippen molar-refractivity contribution >= 4 is 28.3 Å². The molecule has 4 heteroatoms. The van der Waals surface area contributed by atoms with Gasteiger partial charge >= 0.3 is 0 Å². The highest BCUT2D eigenvalue weighted by molar-refractivity contribution is 6.30. The Hall–Kier alpha value is -2.78. The average Bonchev–Trinajstić information content (AvgIpc) is 3.11. The lowest BCUT2D eigenvalue weighted by Crippen LogP contribution is -2.07. The average molecular weight is 362 g/mol. The molecule has 1 aromatic heterocycles. The van der Waals surface area contributed by atoms with Gasteiger partial charge in [-0.25, -0.2) is 4.98 Å². The monoisotopic (exact) mass is 361 g/mol. The third-order valence-corrected chi connectivity index (χ3v) is 5.04. The van der Waals surface area contributed by atoms with Crippen molar-refractivity contribution in [2.75, 3.05) is 5.32 Å². The molecule has 0 spiro atoms. The van der Waals surface area contributed by atoms with Crippen LogP contribution in [-0.2, 0) is 0 Å². The summed E-state index contributed by atoms with van der Waals surface area (Å²) in [6.07, 6.45) is 1.88. The van der Waals surface area contributed by atoms with E-state index in [-0.39, 0.29) is 6.04 Å². The molecule has 26 heavy (non-hydrogen) atoms. The minimum Gasteiger partial charge on any atom is -0.349 e. The number of nitrogens with zero attached hydrogens (tertiary/aromatic N) is 1. The summed E-state index contributed by atoms with van der Waals surface area (Å²) >= 11 is 5.97. The zero-order valence-electron chi connectivity index (χ0n) is 14.8. The number of rotatable bonds is 4. The molecular formula is C22H20ClN3. The van der Waals surface area contributed by atoms with E-state index in [2.05, 4.69) is 65.5 Å². The summed E-state index contributed by atoms with van der Waals surface area (Å²) in [6, 6.07) is 20.7. The van der Waals surface area contributed by atoms with Gasteiger partial charge in [0, 0.05) is 10.6 Å². The lowest BCUT2D eigenvalue weighted by Gasteiger charge is -2.13. The van der Waals surface area contributed by atoms with Crippen molar-refractivity contribution in [2.45, 2.75) is 19.9 Å². The summed E-state index contributed by atoms with van der Waals surface area (Å²) in [5.41, 5.74) is 4.60. The van der Waals surface area contributed by atoms with Crippen LogP contribution in [0.25, 0.3) is 22.0 Å². The number of anilines is 1. The third kappa shape index (κ3) is 3.18. The van der Waals surface area contributed by atoms with Gasteiger partial charge < -0.3 is 10.3 Å². The number of hydrogen-bond donors (Lipinski definition) is 2. The van der Waals surface area contributed by atoms with Crippen molar-refractivity contribution in [3.8, 4) is 11.3 Å². The first-order valence-corrected chi connectivity index (χ1v) is 9.05. The van der Waals surface area contributed by atoms with Crippen molar-refractivity contribution in [1.82, 2.24) is 9.97 Å². The minimum absolute atomic E-state index is 0.129. The first-order chi connectivity index (χ1) is 12.6. The molecule has 1 heterocycles. The standard InChI is InChI=1S/C22H20ClN3/c1-14-19-6-4-3-5-17(19)9-12-20(14)21-13-24-22(26-21)25-15(2)16-7-10-18(23)11-8-16/h3-13,15H,1-2H3,(H2,24,25,26). The van der Waals surface area contributed by atoms with E-state index in [4.69, 9.17) is 11.6 Å². The lowest BCUT2D eigenvalue weighted by atomic mass is 9.99. The molecule has 4 aromatic rings. The first kappa shape index (κ1) is 16.7. The third-order valence-electron chi connectivity index (χ3n) is 4.79. The van der Waals surface area contributed by atoms with Crippen LogP contribution in [0.5, 0.6) is 0 Å². The molecule has 3 nitrogen and oxygen atoms in total. The van der Waals surface area contributed by atoms with Crippen molar-refractivity contribution in [2.24, 2.45) is 0 Å². The van der Waals surface area contributed by atoms with Crippen LogP contribution in [0.1, 0.15) is 24.1 Å². The fourth-order valence-electron chi connectivity index (χ4n) is 3.29. The summed E-state index contributed by atoms with van der Waals surface area (Å²) in [5, 5.41) is 6.68. The molecule has 0 saturated heterocycles. The van der Waals surface area contributed by atoms with Crippen LogP contribution in [0.4, 0.5) is 5.95 Å². The van der Waals surface area contributed by atoms with E-state index in [0.29, 0.717) is 0 Å². The molecule has 0 aliphatic carbocycles. The highest BCUT2D eigenvalue weighted by Gasteiger charge is 2.11. The molecule has 0 saturated carbocycles. The topological polar surface area (TPSA) is 40.7 Å². The summed E-state index contributed by atoms with van der Waals surface area (Å²) in [5.74, 6) is 0.759. The van der Waals surface area contributed by atoms with Gasteiger partial charge in [0.1, 0.15) is 0 Å². The molecule has 130 valence electrons. The second-order valence-electron chi connectivity index (χ2n) is 6.52. The molecule has 3 aromatic carbocycles. The normalized spacial score (nSPS) is 12.3. The van der Waals surface area contributed by atoms with Gasteiger partial charge in [-0.1, -0.05) is 60.1 Å². The lowest BCUT2D eigenvalue weighted by molar-refractivity contribution is 0.868. The van der Waals surface area contributed by atoms with E-state index < -0.39 is 0 Å². The molecule has 0 radical (unpaired) electrons. The maximum Gasteiger partial charge on any atom is 0.201 e. The SMILES string of the molecule is Cc1c(-c2cnc(NC(C)c3ccc(Cl)cc3)[nH]2)ccc2ccccc12. The molecule has 0 aliphatic rings. The molecule has 0 bridgehead atoms. The molecule has 2 N–H and O–H groups in total. The number of halogens is 1. The summed E-state index contributed by atoms with van der Waals surface area (Å²) in [4.78, 5) is 7.90. The molecular weight excluding hydrogens is 342 g/mol. The van der Waals surface area contributed by atoms with E-state index in [9.17, 15) is 0 Å². The van der Waals surface area contributed by atoms with E-state index in [0.717, 1.165) is 22.2 Å². The molecule has 0 aliphatic heterocycles. The van der Waals surface area contributed by atoms with E-state index in [1.54, 1.807) is 0 Å². The van der Waals surface area contributed by atoms with E-state index >= 15 is 0 Å². The van der Waals surface area contributed by atoms with Crippen molar-refractivity contribution < 1.29 is 0 Å². The first-order valence-electron chi connectivity index (χ1n) is 8.67. The maximum atomic E-state index is 5.97. The predicted octanol–water partition coefficient (Wildman–Crippen LogP) is 6.36. The molecule has 4 rings (SSSR count). The highest BCUT2D eigenvalue weighted by Crippen LogP contribution is 2.29. The van der Waals surface area contributed by atoms with Gasteiger partial charge in [0.25, 0.3) is 0 Å². The smallest absolute Gasteiger partial charge is 0.201 e.